The molecule has 7 nitrogen and oxygen atoms in total. The molecular formula is C23H31NO6. The SMILES string of the molecule is CCOc1ccc(C2C(C(=O)C(C)(C)C)=C(O)C(=O)N2CC2CCCO2)cc1OC. The summed E-state index contributed by atoms with van der Waals surface area (Å²) in [6.45, 7) is 8.66. The molecule has 1 aromatic carbocycles. The molecule has 1 saturated heterocycles. The summed E-state index contributed by atoms with van der Waals surface area (Å²) in [6, 6.07) is 4.63. The van der Waals surface area contributed by atoms with Gasteiger partial charge in [0.1, 0.15) is 0 Å². The summed E-state index contributed by atoms with van der Waals surface area (Å²) in [6.07, 6.45) is 1.66. The molecule has 0 bridgehead atoms. The van der Waals surface area contributed by atoms with Gasteiger partial charge in [-0.05, 0) is 37.5 Å². The Kier molecular flexibility index (Phi) is 6.41. The molecule has 0 radical (unpaired) electrons. The Balaban J connectivity index is 2.07. The van der Waals surface area contributed by atoms with E-state index in [2.05, 4.69) is 0 Å². The van der Waals surface area contributed by atoms with Crippen molar-refractivity contribution < 1.29 is 28.9 Å². The van der Waals surface area contributed by atoms with Gasteiger partial charge in [0, 0.05) is 18.6 Å². The molecule has 1 N–H and O–H groups in total. The summed E-state index contributed by atoms with van der Waals surface area (Å²) in [7, 11) is 1.54. The summed E-state index contributed by atoms with van der Waals surface area (Å²) < 4.78 is 16.8. The average Bonchev–Trinajstić information content (AvgIpc) is 3.30. The quantitative estimate of drug-likeness (QED) is 0.730. The van der Waals surface area contributed by atoms with Gasteiger partial charge < -0.3 is 24.2 Å². The number of aliphatic hydroxyl groups excluding tert-OH is 1. The van der Waals surface area contributed by atoms with Crippen molar-refractivity contribution in [3.63, 3.8) is 0 Å². The molecule has 3 rings (SSSR count). The van der Waals surface area contributed by atoms with Gasteiger partial charge in [-0.1, -0.05) is 26.8 Å². The molecule has 1 aromatic rings. The van der Waals surface area contributed by atoms with E-state index in [1.54, 1.807) is 44.9 Å². The molecule has 2 aliphatic heterocycles. The fraction of sp³-hybridized carbons (Fsp3) is 0.565. The lowest BCUT2D eigenvalue weighted by Gasteiger charge is -2.30. The van der Waals surface area contributed by atoms with Gasteiger partial charge in [-0.3, -0.25) is 9.59 Å². The van der Waals surface area contributed by atoms with Gasteiger partial charge >= 0.3 is 0 Å². The van der Waals surface area contributed by atoms with Crippen molar-refractivity contribution in [3.05, 3.63) is 35.1 Å². The van der Waals surface area contributed by atoms with Crippen LogP contribution in [0.4, 0.5) is 0 Å². The maximum atomic E-state index is 13.2. The predicted molar refractivity (Wildman–Crippen MR) is 112 cm³/mol. The minimum atomic E-state index is -0.753. The predicted octanol–water partition coefficient (Wildman–Crippen LogP) is 3.58. The lowest BCUT2D eigenvalue weighted by Crippen LogP contribution is -2.38. The average molecular weight is 418 g/mol. The van der Waals surface area contributed by atoms with Gasteiger partial charge in [-0.15, -0.1) is 0 Å². The Bertz CT molecular complexity index is 848. The van der Waals surface area contributed by atoms with Crippen molar-refractivity contribution >= 4 is 11.7 Å². The molecule has 0 saturated carbocycles. The Hall–Kier alpha value is -2.54. The van der Waals surface area contributed by atoms with Crippen LogP contribution in [-0.2, 0) is 14.3 Å². The number of hydrogen-bond acceptors (Lipinski definition) is 6. The largest absolute Gasteiger partial charge is 0.503 e. The summed E-state index contributed by atoms with van der Waals surface area (Å²) in [4.78, 5) is 27.8. The van der Waals surface area contributed by atoms with Crippen LogP contribution in [-0.4, -0.2) is 54.7 Å². The zero-order valence-corrected chi connectivity index (χ0v) is 18.4. The van der Waals surface area contributed by atoms with E-state index in [-0.39, 0.29) is 17.5 Å². The number of methoxy groups -OCH3 is 1. The highest BCUT2D eigenvalue weighted by molar-refractivity contribution is 6.10. The Labute approximate surface area is 177 Å². The van der Waals surface area contributed by atoms with Crippen LogP contribution in [0.25, 0.3) is 0 Å². The van der Waals surface area contributed by atoms with Crippen LogP contribution < -0.4 is 9.47 Å². The molecule has 164 valence electrons. The van der Waals surface area contributed by atoms with E-state index in [0.717, 1.165) is 12.8 Å². The molecule has 2 heterocycles. The molecule has 2 aliphatic rings. The fourth-order valence-electron chi connectivity index (χ4n) is 3.96. The van der Waals surface area contributed by atoms with Crippen molar-refractivity contribution in [2.75, 3.05) is 26.9 Å². The standard InChI is InChI=1S/C23H31NO6/c1-6-29-16-10-9-14(12-17(16)28-5)19-18(21(26)23(2,3)4)20(25)22(27)24(19)13-15-8-7-11-30-15/h9-10,12,15,19,25H,6-8,11,13H2,1-5H3. The number of nitrogens with zero attached hydrogens (tertiary/aromatic N) is 1. The normalized spacial score (nSPS) is 22.0. The van der Waals surface area contributed by atoms with Crippen LogP contribution in [0.3, 0.4) is 0 Å². The fourth-order valence-corrected chi connectivity index (χ4v) is 3.96. The van der Waals surface area contributed by atoms with Crippen molar-refractivity contribution in [1.82, 2.24) is 4.90 Å². The minimum Gasteiger partial charge on any atom is -0.503 e. The first-order valence-corrected chi connectivity index (χ1v) is 10.4. The molecule has 2 atom stereocenters. The van der Waals surface area contributed by atoms with Crippen LogP contribution in [0.2, 0.25) is 0 Å². The van der Waals surface area contributed by atoms with E-state index in [4.69, 9.17) is 14.2 Å². The number of carbonyl (C=O) groups is 2. The maximum Gasteiger partial charge on any atom is 0.290 e. The second-order valence-electron chi connectivity index (χ2n) is 8.68. The Morgan fingerprint density at radius 3 is 2.60 bits per heavy atom. The highest BCUT2D eigenvalue weighted by Gasteiger charge is 2.47. The smallest absolute Gasteiger partial charge is 0.290 e. The molecule has 1 fully saturated rings. The third kappa shape index (κ3) is 4.17. The van der Waals surface area contributed by atoms with E-state index in [1.165, 1.54) is 0 Å². The van der Waals surface area contributed by atoms with Crippen LogP contribution in [0.1, 0.15) is 52.1 Å². The van der Waals surface area contributed by atoms with Gasteiger partial charge in [0.2, 0.25) is 0 Å². The highest BCUT2D eigenvalue weighted by atomic mass is 16.5. The topological polar surface area (TPSA) is 85.3 Å². The van der Waals surface area contributed by atoms with E-state index in [1.807, 2.05) is 13.0 Å². The molecular weight excluding hydrogens is 386 g/mol. The zero-order valence-electron chi connectivity index (χ0n) is 18.4. The second-order valence-corrected chi connectivity index (χ2v) is 8.68. The van der Waals surface area contributed by atoms with Gasteiger partial charge in [0.05, 0.1) is 31.4 Å². The van der Waals surface area contributed by atoms with Crippen molar-refractivity contribution in [2.24, 2.45) is 5.41 Å². The number of carbonyl (C=O) groups excluding carboxylic acids is 2. The Morgan fingerprint density at radius 1 is 1.30 bits per heavy atom. The van der Waals surface area contributed by atoms with Gasteiger partial charge in [-0.2, -0.15) is 0 Å². The summed E-state index contributed by atoms with van der Waals surface area (Å²) >= 11 is 0. The van der Waals surface area contributed by atoms with E-state index in [9.17, 15) is 14.7 Å². The molecule has 2 unspecified atom stereocenters. The van der Waals surface area contributed by atoms with Gasteiger partial charge in [-0.25, -0.2) is 0 Å². The van der Waals surface area contributed by atoms with Gasteiger partial charge in [0.25, 0.3) is 5.91 Å². The molecule has 1 amide bonds. The van der Waals surface area contributed by atoms with Crippen LogP contribution in [0.5, 0.6) is 11.5 Å². The number of Topliss-reactive ketones (excluding diaryl/α,β-unsaturated/α-hetero) is 1. The van der Waals surface area contributed by atoms with E-state index in [0.29, 0.717) is 36.8 Å². The third-order valence-electron chi connectivity index (χ3n) is 5.46. The molecule has 7 heteroatoms. The minimum absolute atomic E-state index is 0.113. The maximum absolute atomic E-state index is 13.2. The van der Waals surface area contributed by atoms with Crippen molar-refractivity contribution in [2.45, 2.75) is 52.7 Å². The molecule has 0 aromatic heterocycles. The Morgan fingerprint density at radius 2 is 2.03 bits per heavy atom. The number of rotatable bonds is 7. The van der Waals surface area contributed by atoms with Crippen molar-refractivity contribution in [1.29, 1.82) is 0 Å². The van der Waals surface area contributed by atoms with Crippen LogP contribution >= 0.6 is 0 Å². The first kappa shape index (κ1) is 22.2. The highest BCUT2D eigenvalue weighted by Crippen LogP contribution is 2.43. The number of ketones is 1. The summed E-state index contributed by atoms with van der Waals surface area (Å²) in [5.74, 6) is -0.203. The van der Waals surface area contributed by atoms with Gasteiger partial charge in [0.15, 0.2) is 23.0 Å². The number of hydrogen-bond donors (Lipinski definition) is 1. The van der Waals surface area contributed by atoms with Crippen LogP contribution in [0, 0.1) is 5.41 Å². The second kappa shape index (κ2) is 8.68. The number of aliphatic hydroxyl groups is 1. The molecule has 30 heavy (non-hydrogen) atoms. The lowest BCUT2D eigenvalue weighted by molar-refractivity contribution is -0.131. The lowest BCUT2D eigenvalue weighted by atomic mass is 9.82. The molecule has 0 spiro atoms. The number of benzene rings is 1. The summed E-state index contributed by atoms with van der Waals surface area (Å²) in [5.41, 5.74) is 0.0480. The van der Waals surface area contributed by atoms with Crippen LogP contribution in [0.15, 0.2) is 29.5 Å². The first-order chi connectivity index (χ1) is 14.2. The third-order valence-corrected chi connectivity index (χ3v) is 5.46. The molecule has 0 aliphatic carbocycles. The van der Waals surface area contributed by atoms with E-state index < -0.39 is 23.1 Å². The van der Waals surface area contributed by atoms with E-state index >= 15 is 0 Å². The first-order valence-electron chi connectivity index (χ1n) is 10.4. The number of amides is 1. The monoisotopic (exact) mass is 417 g/mol. The number of ether oxygens (including phenoxy) is 3. The van der Waals surface area contributed by atoms with Crippen molar-refractivity contribution in [3.8, 4) is 11.5 Å². The zero-order chi connectivity index (χ0) is 22.1. The summed E-state index contributed by atoms with van der Waals surface area (Å²) in [5, 5.41) is 10.7.